The van der Waals surface area contributed by atoms with E-state index in [-0.39, 0.29) is 5.56 Å². The van der Waals surface area contributed by atoms with Gasteiger partial charge in [-0.05, 0) is 42.0 Å². The number of hydrazone groups is 1. The molecular weight excluding hydrogens is 452 g/mol. The molecule has 0 aliphatic carbocycles. The van der Waals surface area contributed by atoms with Gasteiger partial charge >= 0.3 is 5.97 Å². The highest BCUT2D eigenvalue weighted by atomic mass is 16.4. The molecule has 2 N–H and O–H groups in total. The second-order valence-corrected chi connectivity index (χ2v) is 7.97. The van der Waals surface area contributed by atoms with Crippen molar-refractivity contribution in [3.05, 3.63) is 126 Å². The normalized spacial score (nSPS) is 11.7. The molecule has 0 amide bonds. The first-order valence-electron chi connectivity index (χ1n) is 11.3. The number of para-hydroxylation sites is 2. The van der Waals surface area contributed by atoms with Gasteiger partial charge < -0.3 is 9.67 Å². The number of nitrogens with one attached hydrogen (secondary N) is 1. The molecule has 36 heavy (non-hydrogen) atoms. The van der Waals surface area contributed by atoms with E-state index in [4.69, 9.17) is 10.1 Å². The van der Waals surface area contributed by atoms with Crippen molar-refractivity contribution in [2.24, 2.45) is 15.3 Å². The van der Waals surface area contributed by atoms with Crippen LogP contribution in [0.5, 0.6) is 0 Å². The van der Waals surface area contributed by atoms with E-state index >= 15 is 0 Å². The summed E-state index contributed by atoms with van der Waals surface area (Å²) in [6.07, 6.45) is 0. The van der Waals surface area contributed by atoms with Crippen LogP contribution in [0.4, 0.5) is 11.6 Å². The first kappa shape index (κ1) is 22.7. The van der Waals surface area contributed by atoms with Gasteiger partial charge in [0.1, 0.15) is 0 Å². The average Bonchev–Trinajstić information content (AvgIpc) is 3.27. The fraction of sp³-hybridized carbons (Fsp3) is 0.0357. The number of imidazole rings is 1. The van der Waals surface area contributed by atoms with E-state index in [1.807, 2.05) is 77.4 Å². The van der Waals surface area contributed by atoms with Crippen molar-refractivity contribution >= 4 is 34.5 Å². The largest absolute Gasteiger partial charge is 0.478 e. The lowest BCUT2D eigenvalue weighted by Crippen LogP contribution is -2.02. The summed E-state index contributed by atoms with van der Waals surface area (Å²) in [5.41, 5.74) is 7.45. The number of hydrogen-bond donors (Lipinski definition) is 2. The smallest absolute Gasteiger partial charge is 0.335 e. The van der Waals surface area contributed by atoms with Gasteiger partial charge in [-0.25, -0.2) is 9.78 Å². The number of anilines is 1. The SMILES string of the molecule is O=C(O)c1ccc(NN=C(N=Nc2nc3ccccc3n2Cc2ccccc2)c2ccccc2)cc1. The third-order valence-electron chi connectivity index (χ3n) is 5.51. The maximum Gasteiger partial charge on any atom is 0.335 e. The molecule has 0 unspecified atom stereocenters. The third kappa shape index (κ3) is 5.18. The lowest BCUT2D eigenvalue weighted by atomic mass is 10.2. The molecular formula is C28H22N6O2. The summed E-state index contributed by atoms with van der Waals surface area (Å²) < 4.78 is 2.02. The zero-order valence-electron chi connectivity index (χ0n) is 19.2. The van der Waals surface area contributed by atoms with Crippen LogP contribution < -0.4 is 5.43 Å². The number of carbonyl (C=O) groups is 1. The second-order valence-electron chi connectivity index (χ2n) is 7.97. The molecule has 8 nitrogen and oxygen atoms in total. The Morgan fingerprint density at radius 2 is 1.47 bits per heavy atom. The first-order chi connectivity index (χ1) is 17.7. The number of benzene rings is 4. The van der Waals surface area contributed by atoms with Gasteiger partial charge in [0.25, 0.3) is 5.95 Å². The molecule has 0 atom stereocenters. The summed E-state index contributed by atoms with van der Waals surface area (Å²) in [6.45, 7) is 0.599. The van der Waals surface area contributed by atoms with E-state index in [0.717, 1.165) is 22.2 Å². The van der Waals surface area contributed by atoms with Gasteiger partial charge in [-0.3, -0.25) is 5.43 Å². The first-order valence-corrected chi connectivity index (χ1v) is 11.3. The molecule has 1 heterocycles. The van der Waals surface area contributed by atoms with Crippen molar-refractivity contribution in [3.63, 3.8) is 0 Å². The standard InChI is InChI=1S/C28H22N6O2/c35-27(36)22-15-17-23(18-16-22)30-31-26(21-11-5-2-6-12-21)32-33-28-29-24-13-7-8-14-25(24)34(28)19-20-9-3-1-4-10-20/h1-18,30H,19H2,(H,35,36). The van der Waals surface area contributed by atoms with E-state index in [2.05, 4.69) is 32.9 Å². The van der Waals surface area contributed by atoms with Gasteiger partial charge in [0.15, 0.2) is 0 Å². The van der Waals surface area contributed by atoms with Crippen LogP contribution in [0.15, 0.2) is 125 Å². The molecule has 0 aliphatic rings. The van der Waals surface area contributed by atoms with Gasteiger partial charge in [0.2, 0.25) is 5.84 Å². The quantitative estimate of drug-likeness (QED) is 0.124. The number of carboxylic acid groups (broad SMARTS) is 1. The minimum atomic E-state index is -0.984. The summed E-state index contributed by atoms with van der Waals surface area (Å²) in [5.74, 6) is -0.159. The molecule has 5 rings (SSSR count). The van der Waals surface area contributed by atoms with Crippen molar-refractivity contribution in [1.29, 1.82) is 0 Å². The second kappa shape index (κ2) is 10.4. The predicted molar refractivity (Wildman–Crippen MR) is 140 cm³/mol. The van der Waals surface area contributed by atoms with Crippen LogP contribution in [0, 0.1) is 0 Å². The van der Waals surface area contributed by atoms with Gasteiger partial charge in [0, 0.05) is 5.56 Å². The van der Waals surface area contributed by atoms with Crippen LogP contribution in [0.3, 0.4) is 0 Å². The van der Waals surface area contributed by atoms with Crippen molar-refractivity contribution in [2.75, 3.05) is 5.43 Å². The van der Waals surface area contributed by atoms with Gasteiger partial charge in [-0.2, -0.15) is 5.10 Å². The molecule has 8 heteroatoms. The Hall–Kier alpha value is -5.11. The summed E-state index contributed by atoms with van der Waals surface area (Å²) in [7, 11) is 0. The number of aromatic carboxylic acids is 1. The molecule has 0 fully saturated rings. The van der Waals surface area contributed by atoms with Crippen LogP contribution in [-0.4, -0.2) is 26.5 Å². The highest BCUT2D eigenvalue weighted by Gasteiger charge is 2.12. The highest BCUT2D eigenvalue weighted by Crippen LogP contribution is 2.24. The molecule has 5 aromatic rings. The molecule has 176 valence electrons. The van der Waals surface area contributed by atoms with Crippen LogP contribution in [-0.2, 0) is 6.54 Å². The Balaban J connectivity index is 1.49. The number of amidine groups is 1. The number of aromatic nitrogens is 2. The minimum Gasteiger partial charge on any atom is -0.478 e. The molecule has 0 bridgehead atoms. The van der Waals surface area contributed by atoms with Crippen LogP contribution >= 0.6 is 0 Å². The lowest BCUT2D eigenvalue weighted by Gasteiger charge is -2.07. The molecule has 0 saturated carbocycles. The zero-order valence-corrected chi connectivity index (χ0v) is 19.2. The number of carboxylic acids is 1. The molecule has 0 spiro atoms. The maximum atomic E-state index is 11.1. The van der Waals surface area contributed by atoms with Gasteiger partial charge in [-0.1, -0.05) is 72.8 Å². The summed E-state index contributed by atoms with van der Waals surface area (Å²) in [6, 6.07) is 33.8. The fourth-order valence-electron chi connectivity index (χ4n) is 3.69. The topological polar surface area (TPSA) is 104 Å². The Bertz CT molecular complexity index is 1540. The summed E-state index contributed by atoms with van der Waals surface area (Å²) in [5, 5.41) is 22.5. The molecule has 0 aliphatic heterocycles. The predicted octanol–water partition coefficient (Wildman–Crippen LogP) is 6.34. The highest BCUT2D eigenvalue weighted by molar-refractivity contribution is 5.99. The van der Waals surface area contributed by atoms with Gasteiger partial charge in [0.05, 0.1) is 28.8 Å². The Morgan fingerprint density at radius 3 is 2.19 bits per heavy atom. The summed E-state index contributed by atoms with van der Waals surface area (Å²) in [4.78, 5) is 15.8. The number of nitrogens with zero attached hydrogens (tertiary/aromatic N) is 5. The maximum absolute atomic E-state index is 11.1. The van der Waals surface area contributed by atoms with E-state index in [9.17, 15) is 4.79 Å². The summed E-state index contributed by atoms with van der Waals surface area (Å²) >= 11 is 0. The van der Waals surface area contributed by atoms with Crippen molar-refractivity contribution in [2.45, 2.75) is 6.54 Å². The van der Waals surface area contributed by atoms with E-state index in [1.54, 1.807) is 12.1 Å². The number of fused-ring (bicyclic) bond motifs is 1. The van der Waals surface area contributed by atoms with Crippen LogP contribution in [0.1, 0.15) is 21.5 Å². The Labute approximate surface area is 207 Å². The number of rotatable bonds is 7. The van der Waals surface area contributed by atoms with E-state index < -0.39 is 5.97 Å². The molecule has 1 aromatic heterocycles. The average molecular weight is 475 g/mol. The van der Waals surface area contributed by atoms with Crippen LogP contribution in [0.25, 0.3) is 11.0 Å². The lowest BCUT2D eigenvalue weighted by molar-refractivity contribution is 0.0697. The van der Waals surface area contributed by atoms with E-state index in [0.29, 0.717) is 24.0 Å². The van der Waals surface area contributed by atoms with Crippen molar-refractivity contribution in [1.82, 2.24) is 9.55 Å². The minimum absolute atomic E-state index is 0.199. The Kier molecular flexibility index (Phi) is 6.57. The fourth-order valence-corrected chi connectivity index (χ4v) is 3.69. The van der Waals surface area contributed by atoms with Crippen molar-refractivity contribution in [3.8, 4) is 0 Å². The third-order valence-corrected chi connectivity index (χ3v) is 5.51. The van der Waals surface area contributed by atoms with Gasteiger partial charge in [-0.15, -0.1) is 10.2 Å². The van der Waals surface area contributed by atoms with Crippen LogP contribution in [0.2, 0.25) is 0 Å². The van der Waals surface area contributed by atoms with Crippen molar-refractivity contribution < 1.29 is 9.90 Å². The monoisotopic (exact) mass is 474 g/mol. The Morgan fingerprint density at radius 1 is 0.806 bits per heavy atom. The number of hydrogen-bond acceptors (Lipinski definition) is 5. The zero-order chi connectivity index (χ0) is 24.7. The van der Waals surface area contributed by atoms with E-state index in [1.165, 1.54) is 12.1 Å². The number of azo groups is 1. The molecule has 4 aromatic carbocycles. The molecule has 0 radical (unpaired) electrons. The molecule has 0 saturated heterocycles.